The lowest BCUT2D eigenvalue weighted by atomic mass is 10.0. The number of hydrogen-bond donors (Lipinski definition) is 1. The van der Waals surface area contributed by atoms with E-state index in [-0.39, 0.29) is 17.5 Å². The summed E-state index contributed by atoms with van der Waals surface area (Å²) in [5, 5.41) is 12.4. The standard InChI is InChI=1S/C24H31BrN4O2/c1-5-9-22(19-12-14-21(15-13-19)31-17-16-29(3)4)28-24(30)20(18-26)10-7-6-8-11-23(25)27-2/h6,8,10-15,22H,2,5,7,9,16-17H2,1,3-4H3,(H,28,30)/b8-6-,20-10+,23-11-. The molecular weight excluding hydrogens is 456 g/mol. The molecule has 1 N–H and O–H groups in total. The molecule has 0 bridgehead atoms. The molecule has 1 aromatic rings. The Balaban J connectivity index is 2.77. The van der Waals surface area contributed by atoms with Crippen LogP contribution in [0.1, 0.15) is 37.8 Å². The maximum Gasteiger partial charge on any atom is 0.262 e. The van der Waals surface area contributed by atoms with Crippen LogP contribution in [0.3, 0.4) is 0 Å². The molecule has 1 amide bonds. The first-order valence-electron chi connectivity index (χ1n) is 10.2. The lowest BCUT2D eigenvalue weighted by Gasteiger charge is -2.19. The van der Waals surface area contributed by atoms with Crippen LogP contribution >= 0.6 is 15.9 Å². The third-order valence-corrected chi connectivity index (χ3v) is 4.83. The van der Waals surface area contributed by atoms with Crippen LogP contribution in [0.4, 0.5) is 0 Å². The molecule has 0 saturated heterocycles. The van der Waals surface area contributed by atoms with Crippen LogP contribution in [0.25, 0.3) is 0 Å². The number of allylic oxidation sites excluding steroid dienone is 4. The van der Waals surface area contributed by atoms with Crippen LogP contribution < -0.4 is 10.1 Å². The van der Waals surface area contributed by atoms with E-state index in [1.165, 1.54) is 0 Å². The number of nitriles is 1. The second-order valence-electron chi connectivity index (χ2n) is 7.08. The van der Waals surface area contributed by atoms with Crippen LogP contribution in [0.5, 0.6) is 5.75 Å². The van der Waals surface area contributed by atoms with Crippen molar-refractivity contribution in [3.05, 3.63) is 64.3 Å². The van der Waals surface area contributed by atoms with Gasteiger partial charge in [0, 0.05) is 6.54 Å². The van der Waals surface area contributed by atoms with Gasteiger partial charge >= 0.3 is 0 Å². The van der Waals surface area contributed by atoms with Crippen molar-refractivity contribution >= 4 is 28.6 Å². The average molecular weight is 487 g/mol. The van der Waals surface area contributed by atoms with Crippen LogP contribution in [-0.4, -0.2) is 44.8 Å². The number of nitrogens with zero attached hydrogens (tertiary/aromatic N) is 3. The first kappa shape index (κ1) is 26.3. The molecule has 31 heavy (non-hydrogen) atoms. The molecule has 0 heterocycles. The number of benzene rings is 1. The predicted molar refractivity (Wildman–Crippen MR) is 130 cm³/mol. The summed E-state index contributed by atoms with van der Waals surface area (Å²) in [5.74, 6) is 0.425. The van der Waals surface area contributed by atoms with E-state index in [9.17, 15) is 10.1 Å². The van der Waals surface area contributed by atoms with Gasteiger partial charge in [-0.05, 0) is 73.4 Å². The highest BCUT2D eigenvalue weighted by Crippen LogP contribution is 2.22. The molecule has 7 heteroatoms. The Labute approximate surface area is 194 Å². The number of aliphatic imine (C=N–C) groups is 1. The maximum absolute atomic E-state index is 12.6. The van der Waals surface area contributed by atoms with Crippen LogP contribution in [0.2, 0.25) is 0 Å². The van der Waals surface area contributed by atoms with E-state index in [1.807, 2.05) is 50.5 Å². The number of likely N-dealkylation sites (N-methyl/N-ethyl adjacent to an activating group) is 1. The van der Waals surface area contributed by atoms with E-state index in [0.29, 0.717) is 17.6 Å². The van der Waals surface area contributed by atoms with E-state index in [4.69, 9.17) is 4.74 Å². The second-order valence-corrected chi connectivity index (χ2v) is 7.89. The molecule has 0 radical (unpaired) electrons. The fourth-order valence-corrected chi connectivity index (χ4v) is 2.80. The molecule has 0 aliphatic carbocycles. The van der Waals surface area contributed by atoms with Gasteiger partial charge in [0.1, 0.15) is 28.6 Å². The Morgan fingerprint density at radius 2 is 2.10 bits per heavy atom. The van der Waals surface area contributed by atoms with Crippen molar-refractivity contribution in [1.82, 2.24) is 10.2 Å². The number of halogens is 1. The molecule has 0 saturated carbocycles. The van der Waals surface area contributed by atoms with Gasteiger partial charge in [0.25, 0.3) is 5.91 Å². The zero-order chi connectivity index (χ0) is 23.1. The number of carbonyl (C=O) groups excluding carboxylic acids is 1. The summed E-state index contributed by atoms with van der Waals surface area (Å²) >= 11 is 3.22. The van der Waals surface area contributed by atoms with E-state index in [2.05, 4.69) is 44.8 Å². The Bertz CT molecular complexity index is 836. The van der Waals surface area contributed by atoms with E-state index >= 15 is 0 Å². The van der Waals surface area contributed by atoms with Crippen molar-refractivity contribution in [2.45, 2.75) is 32.2 Å². The molecule has 0 aliphatic heterocycles. The topological polar surface area (TPSA) is 77.7 Å². The SMILES string of the molecule is C=N/C(Br)=C\C=C/C/C=C(\C#N)C(=O)NC(CCC)c1ccc(OCCN(C)C)cc1. The first-order chi connectivity index (χ1) is 14.9. The molecular formula is C24H31BrN4O2. The number of rotatable bonds is 13. The zero-order valence-corrected chi connectivity index (χ0v) is 20.1. The Morgan fingerprint density at radius 3 is 2.68 bits per heavy atom. The summed E-state index contributed by atoms with van der Waals surface area (Å²) in [4.78, 5) is 18.4. The number of nitrogens with one attached hydrogen (secondary N) is 1. The van der Waals surface area contributed by atoms with Crippen molar-refractivity contribution in [2.75, 3.05) is 27.2 Å². The summed E-state index contributed by atoms with van der Waals surface area (Å²) in [6.45, 7) is 6.92. The van der Waals surface area contributed by atoms with Gasteiger partial charge < -0.3 is 15.0 Å². The predicted octanol–water partition coefficient (Wildman–Crippen LogP) is 4.92. The van der Waals surface area contributed by atoms with Gasteiger partial charge in [-0.1, -0.05) is 43.7 Å². The van der Waals surface area contributed by atoms with Gasteiger partial charge in [-0.25, -0.2) is 0 Å². The van der Waals surface area contributed by atoms with Gasteiger partial charge in [-0.2, -0.15) is 5.26 Å². The van der Waals surface area contributed by atoms with Gasteiger partial charge in [-0.3, -0.25) is 9.79 Å². The molecule has 166 valence electrons. The van der Waals surface area contributed by atoms with Crippen molar-refractivity contribution in [2.24, 2.45) is 4.99 Å². The Morgan fingerprint density at radius 1 is 1.39 bits per heavy atom. The van der Waals surface area contributed by atoms with E-state index < -0.39 is 0 Å². The van der Waals surface area contributed by atoms with Crippen molar-refractivity contribution < 1.29 is 9.53 Å². The molecule has 0 aromatic heterocycles. The fourth-order valence-electron chi connectivity index (χ4n) is 2.64. The average Bonchev–Trinajstić information content (AvgIpc) is 2.75. The van der Waals surface area contributed by atoms with Crippen molar-refractivity contribution in [1.29, 1.82) is 5.26 Å². The summed E-state index contributed by atoms with van der Waals surface area (Å²) in [6, 6.07) is 9.57. The fraction of sp³-hybridized carbons (Fsp3) is 0.375. The van der Waals surface area contributed by atoms with Gasteiger partial charge in [0.05, 0.1) is 6.04 Å². The quantitative estimate of drug-likeness (QED) is 0.141. The third-order valence-electron chi connectivity index (χ3n) is 4.32. The van der Waals surface area contributed by atoms with Gasteiger partial charge in [0.2, 0.25) is 0 Å². The molecule has 0 aliphatic rings. The van der Waals surface area contributed by atoms with Crippen molar-refractivity contribution in [3.8, 4) is 11.8 Å². The summed E-state index contributed by atoms with van der Waals surface area (Å²) in [7, 11) is 4.00. The number of ether oxygens (including phenoxy) is 1. The lowest BCUT2D eigenvalue weighted by molar-refractivity contribution is -0.117. The molecule has 6 nitrogen and oxygen atoms in total. The molecule has 1 unspecified atom stereocenters. The molecule has 1 atom stereocenters. The Hall–Kier alpha value is -2.69. The number of hydrogen-bond acceptors (Lipinski definition) is 5. The number of carbonyl (C=O) groups is 1. The highest BCUT2D eigenvalue weighted by molar-refractivity contribution is 9.11. The minimum atomic E-state index is -0.370. The summed E-state index contributed by atoms with van der Waals surface area (Å²) < 4.78 is 6.34. The number of amides is 1. The molecule has 1 aromatic carbocycles. The normalized spacial score (nSPS) is 13.2. The Kier molecular flexibility index (Phi) is 12.9. The minimum absolute atomic E-state index is 0.0966. The van der Waals surface area contributed by atoms with Crippen LogP contribution in [-0.2, 0) is 4.79 Å². The van der Waals surface area contributed by atoms with Crippen molar-refractivity contribution in [3.63, 3.8) is 0 Å². The van der Waals surface area contributed by atoms with Crippen LogP contribution in [0, 0.1) is 11.3 Å². The second kappa shape index (κ2) is 15.2. The monoisotopic (exact) mass is 486 g/mol. The summed E-state index contributed by atoms with van der Waals surface area (Å²) in [6.07, 6.45) is 9.09. The van der Waals surface area contributed by atoms with Crippen LogP contribution in [0.15, 0.2) is 63.7 Å². The van der Waals surface area contributed by atoms with E-state index in [0.717, 1.165) is 30.7 Å². The summed E-state index contributed by atoms with van der Waals surface area (Å²) in [5.41, 5.74) is 1.08. The smallest absolute Gasteiger partial charge is 0.262 e. The lowest BCUT2D eigenvalue weighted by Crippen LogP contribution is -2.29. The highest BCUT2D eigenvalue weighted by atomic mass is 79.9. The molecule has 0 spiro atoms. The third kappa shape index (κ3) is 10.8. The highest BCUT2D eigenvalue weighted by Gasteiger charge is 2.16. The first-order valence-corrected chi connectivity index (χ1v) is 11.0. The maximum atomic E-state index is 12.6. The molecule has 0 fully saturated rings. The van der Waals surface area contributed by atoms with E-state index in [1.54, 1.807) is 18.2 Å². The van der Waals surface area contributed by atoms with Gasteiger partial charge in [0.15, 0.2) is 0 Å². The zero-order valence-electron chi connectivity index (χ0n) is 18.5. The van der Waals surface area contributed by atoms with Gasteiger partial charge in [-0.15, -0.1) is 0 Å². The largest absolute Gasteiger partial charge is 0.492 e. The molecule has 1 rings (SSSR count). The minimum Gasteiger partial charge on any atom is -0.492 e.